The minimum absolute atomic E-state index is 0.0389. The Labute approximate surface area is 145 Å². The molecule has 3 heterocycles. The zero-order valence-electron chi connectivity index (χ0n) is 14.5. The highest BCUT2D eigenvalue weighted by atomic mass is 16.2. The molecule has 7 heteroatoms. The number of carbonyl (C=O) groups excluding carboxylic acids is 2. The molecule has 2 aromatic rings. The van der Waals surface area contributed by atoms with Gasteiger partial charge in [0.1, 0.15) is 17.3 Å². The van der Waals surface area contributed by atoms with E-state index in [1.165, 1.54) is 6.20 Å². The maximum absolute atomic E-state index is 12.7. The van der Waals surface area contributed by atoms with Crippen LogP contribution in [0.4, 0.5) is 0 Å². The Morgan fingerprint density at radius 3 is 2.92 bits per heavy atom. The van der Waals surface area contributed by atoms with Crippen molar-refractivity contribution in [3.8, 4) is 0 Å². The van der Waals surface area contributed by atoms with Crippen LogP contribution in [0, 0.1) is 6.92 Å². The van der Waals surface area contributed by atoms with Gasteiger partial charge in [0.2, 0.25) is 11.3 Å². The SMILES string of the molecule is CCn1cc(C(=O)NC2CCCCNC2=O)c(=O)c2ccc(C)nc21. The van der Waals surface area contributed by atoms with E-state index in [9.17, 15) is 14.4 Å². The highest BCUT2D eigenvalue weighted by Gasteiger charge is 2.24. The number of carbonyl (C=O) groups is 2. The van der Waals surface area contributed by atoms with Crippen molar-refractivity contribution >= 4 is 22.8 Å². The normalized spacial score (nSPS) is 17.8. The Morgan fingerprint density at radius 1 is 1.36 bits per heavy atom. The molecule has 0 saturated carbocycles. The highest BCUT2D eigenvalue weighted by Crippen LogP contribution is 2.12. The molecule has 1 aliphatic heterocycles. The lowest BCUT2D eigenvalue weighted by Crippen LogP contribution is -2.46. The zero-order valence-corrected chi connectivity index (χ0v) is 14.5. The molecule has 2 N–H and O–H groups in total. The summed E-state index contributed by atoms with van der Waals surface area (Å²) < 4.78 is 1.78. The van der Waals surface area contributed by atoms with Gasteiger partial charge in [-0.1, -0.05) is 0 Å². The molecule has 0 radical (unpaired) electrons. The van der Waals surface area contributed by atoms with Crippen LogP contribution in [0.15, 0.2) is 23.1 Å². The molecule has 7 nitrogen and oxygen atoms in total. The first kappa shape index (κ1) is 17.1. The lowest BCUT2D eigenvalue weighted by Gasteiger charge is -2.16. The second-order valence-corrected chi connectivity index (χ2v) is 6.29. The predicted molar refractivity (Wildman–Crippen MR) is 94.5 cm³/mol. The Bertz CT molecular complexity index is 888. The monoisotopic (exact) mass is 342 g/mol. The molecule has 25 heavy (non-hydrogen) atoms. The number of fused-ring (bicyclic) bond motifs is 1. The number of nitrogens with one attached hydrogen (secondary N) is 2. The summed E-state index contributed by atoms with van der Waals surface area (Å²) in [5.74, 6) is -0.712. The van der Waals surface area contributed by atoms with E-state index >= 15 is 0 Å². The first-order valence-corrected chi connectivity index (χ1v) is 8.60. The molecule has 2 aromatic heterocycles. The van der Waals surface area contributed by atoms with Crippen LogP contribution in [0.25, 0.3) is 11.0 Å². The van der Waals surface area contributed by atoms with Crippen molar-refractivity contribution < 1.29 is 9.59 Å². The first-order valence-electron chi connectivity index (χ1n) is 8.60. The van der Waals surface area contributed by atoms with Gasteiger partial charge in [0.05, 0.1) is 5.39 Å². The van der Waals surface area contributed by atoms with Crippen molar-refractivity contribution in [1.82, 2.24) is 20.2 Å². The Kier molecular flexibility index (Phi) is 4.83. The molecule has 132 valence electrons. The van der Waals surface area contributed by atoms with Crippen LogP contribution in [0.2, 0.25) is 0 Å². The molecular weight excluding hydrogens is 320 g/mol. The Hall–Kier alpha value is -2.70. The molecule has 1 atom stereocenters. The summed E-state index contributed by atoms with van der Waals surface area (Å²) in [4.78, 5) is 41.8. The lowest BCUT2D eigenvalue weighted by molar-refractivity contribution is -0.122. The smallest absolute Gasteiger partial charge is 0.257 e. The highest BCUT2D eigenvalue weighted by molar-refractivity contribution is 5.99. The maximum Gasteiger partial charge on any atom is 0.257 e. The maximum atomic E-state index is 12.7. The van der Waals surface area contributed by atoms with Crippen LogP contribution >= 0.6 is 0 Å². The minimum Gasteiger partial charge on any atom is -0.354 e. The average Bonchev–Trinajstić information content (AvgIpc) is 2.79. The van der Waals surface area contributed by atoms with Crippen LogP contribution in [0.5, 0.6) is 0 Å². The Morgan fingerprint density at radius 2 is 2.16 bits per heavy atom. The minimum atomic E-state index is -0.601. The number of amides is 2. The van der Waals surface area contributed by atoms with Crippen molar-refractivity contribution in [3.05, 3.63) is 39.8 Å². The molecule has 1 unspecified atom stereocenters. The number of rotatable bonds is 3. The van der Waals surface area contributed by atoms with E-state index in [1.54, 1.807) is 16.7 Å². The standard InChI is InChI=1S/C18H22N4O3/c1-3-22-10-13(15(23)12-8-7-11(2)20-16(12)22)17(24)21-14-6-4-5-9-19-18(14)25/h7-8,10,14H,3-6,9H2,1-2H3,(H,19,25)(H,21,24). The molecule has 1 saturated heterocycles. The van der Waals surface area contributed by atoms with E-state index in [-0.39, 0.29) is 16.9 Å². The largest absolute Gasteiger partial charge is 0.354 e. The van der Waals surface area contributed by atoms with Crippen molar-refractivity contribution in [2.75, 3.05) is 6.54 Å². The number of aryl methyl sites for hydroxylation is 2. The van der Waals surface area contributed by atoms with Gasteiger partial charge in [0.25, 0.3) is 5.91 Å². The van der Waals surface area contributed by atoms with Gasteiger partial charge in [0, 0.05) is 25.0 Å². The third kappa shape index (κ3) is 3.40. The molecule has 0 spiro atoms. The van der Waals surface area contributed by atoms with Gasteiger partial charge < -0.3 is 15.2 Å². The predicted octanol–water partition coefficient (Wildman–Crippen LogP) is 1.12. The lowest BCUT2D eigenvalue weighted by atomic mass is 10.1. The molecular formula is C18H22N4O3. The number of nitrogens with zero attached hydrogens (tertiary/aromatic N) is 2. The van der Waals surface area contributed by atoms with Crippen molar-refractivity contribution in [3.63, 3.8) is 0 Å². The number of hydrogen-bond acceptors (Lipinski definition) is 4. The summed E-state index contributed by atoms with van der Waals surface area (Å²) >= 11 is 0. The average molecular weight is 342 g/mol. The fraction of sp³-hybridized carbons (Fsp3) is 0.444. The van der Waals surface area contributed by atoms with Crippen LogP contribution in [0.1, 0.15) is 42.2 Å². The van der Waals surface area contributed by atoms with Crippen LogP contribution < -0.4 is 16.1 Å². The van der Waals surface area contributed by atoms with E-state index in [4.69, 9.17) is 0 Å². The van der Waals surface area contributed by atoms with Gasteiger partial charge in [-0.2, -0.15) is 0 Å². The zero-order chi connectivity index (χ0) is 18.0. The summed E-state index contributed by atoms with van der Waals surface area (Å²) in [5.41, 5.74) is 1.05. The van der Waals surface area contributed by atoms with Crippen molar-refractivity contribution in [1.29, 1.82) is 0 Å². The summed E-state index contributed by atoms with van der Waals surface area (Å²) in [7, 11) is 0. The van der Waals surface area contributed by atoms with E-state index in [2.05, 4.69) is 15.6 Å². The van der Waals surface area contributed by atoms with Gasteiger partial charge >= 0.3 is 0 Å². The quantitative estimate of drug-likeness (QED) is 0.874. The van der Waals surface area contributed by atoms with Crippen LogP contribution in [-0.4, -0.2) is 34.0 Å². The topological polar surface area (TPSA) is 93.1 Å². The summed E-state index contributed by atoms with van der Waals surface area (Å²) in [6.45, 7) is 4.98. The summed E-state index contributed by atoms with van der Waals surface area (Å²) in [5, 5.41) is 5.89. The first-order chi connectivity index (χ1) is 12.0. The van der Waals surface area contributed by atoms with E-state index in [0.717, 1.165) is 18.5 Å². The van der Waals surface area contributed by atoms with Gasteiger partial charge in [0.15, 0.2) is 0 Å². The summed E-state index contributed by atoms with van der Waals surface area (Å²) in [6, 6.07) is 2.85. The summed E-state index contributed by atoms with van der Waals surface area (Å²) in [6.07, 6.45) is 3.85. The van der Waals surface area contributed by atoms with E-state index in [0.29, 0.717) is 30.5 Å². The molecule has 2 amide bonds. The molecule has 0 aliphatic carbocycles. The van der Waals surface area contributed by atoms with Crippen LogP contribution in [-0.2, 0) is 11.3 Å². The van der Waals surface area contributed by atoms with Gasteiger partial charge in [-0.15, -0.1) is 0 Å². The van der Waals surface area contributed by atoms with E-state index in [1.807, 2.05) is 13.8 Å². The number of aromatic nitrogens is 2. The number of pyridine rings is 2. The fourth-order valence-corrected chi connectivity index (χ4v) is 3.08. The van der Waals surface area contributed by atoms with Crippen molar-refractivity contribution in [2.45, 2.75) is 45.7 Å². The molecule has 0 bridgehead atoms. The fourth-order valence-electron chi connectivity index (χ4n) is 3.08. The second-order valence-electron chi connectivity index (χ2n) is 6.29. The molecule has 0 aromatic carbocycles. The molecule has 1 aliphatic rings. The third-order valence-electron chi connectivity index (χ3n) is 4.49. The molecule has 3 rings (SSSR count). The van der Waals surface area contributed by atoms with Crippen LogP contribution in [0.3, 0.4) is 0 Å². The van der Waals surface area contributed by atoms with Crippen molar-refractivity contribution in [2.24, 2.45) is 0 Å². The second kappa shape index (κ2) is 7.04. The number of hydrogen-bond donors (Lipinski definition) is 2. The van der Waals surface area contributed by atoms with Gasteiger partial charge in [-0.25, -0.2) is 4.98 Å². The van der Waals surface area contributed by atoms with Gasteiger partial charge in [-0.3, -0.25) is 14.4 Å². The Balaban J connectivity index is 1.98. The van der Waals surface area contributed by atoms with Gasteiger partial charge in [-0.05, 0) is 45.2 Å². The third-order valence-corrected chi connectivity index (χ3v) is 4.49. The van der Waals surface area contributed by atoms with E-state index < -0.39 is 11.9 Å². The molecule has 1 fully saturated rings.